The van der Waals surface area contributed by atoms with E-state index in [-0.39, 0.29) is 0 Å². The molecule has 0 saturated carbocycles. The molecule has 3 nitrogen and oxygen atoms in total. The van der Waals surface area contributed by atoms with E-state index in [4.69, 9.17) is 10.00 Å². The van der Waals surface area contributed by atoms with Crippen molar-refractivity contribution in [2.24, 2.45) is 0 Å². The van der Waals surface area contributed by atoms with Crippen LogP contribution in [0.2, 0.25) is 0 Å². The summed E-state index contributed by atoms with van der Waals surface area (Å²) in [5.74, 6) is -0.439. The molecule has 0 aliphatic rings. The minimum Gasteiger partial charge on any atom is -0.465 e. The number of benzene rings is 2. The van der Waals surface area contributed by atoms with Gasteiger partial charge in [0.15, 0.2) is 0 Å². The number of carbonyl (C=O) groups excluding carboxylic acids is 1. The first kappa shape index (κ1) is 11.9. The topological polar surface area (TPSA) is 50.1 Å². The van der Waals surface area contributed by atoms with E-state index in [9.17, 15) is 4.79 Å². The predicted octanol–water partition coefficient (Wildman–Crippen LogP) is 3.01. The Kier molecular flexibility index (Phi) is 3.40. The first-order valence-electron chi connectivity index (χ1n) is 5.44. The largest absolute Gasteiger partial charge is 0.465 e. The van der Waals surface area contributed by atoms with Gasteiger partial charge in [-0.1, -0.05) is 36.4 Å². The summed E-state index contributed by atoms with van der Waals surface area (Å²) < 4.78 is 4.75. The lowest BCUT2D eigenvalue weighted by Crippen LogP contribution is -2.04. The average molecular weight is 237 g/mol. The van der Waals surface area contributed by atoms with Gasteiger partial charge in [-0.05, 0) is 17.7 Å². The monoisotopic (exact) mass is 237 g/mol. The summed E-state index contributed by atoms with van der Waals surface area (Å²) in [6.07, 6.45) is 0. The van der Waals surface area contributed by atoms with Crippen molar-refractivity contribution in [3.63, 3.8) is 0 Å². The highest BCUT2D eigenvalue weighted by Gasteiger charge is 2.16. The lowest BCUT2D eigenvalue weighted by Gasteiger charge is -2.09. The van der Waals surface area contributed by atoms with Crippen molar-refractivity contribution in [1.29, 1.82) is 5.26 Å². The van der Waals surface area contributed by atoms with Crippen molar-refractivity contribution < 1.29 is 9.53 Å². The molecule has 0 bridgehead atoms. The smallest absolute Gasteiger partial charge is 0.338 e. The number of methoxy groups -OCH3 is 1. The third-order valence-electron chi connectivity index (χ3n) is 2.65. The highest BCUT2D eigenvalue weighted by Crippen LogP contribution is 2.27. The second-order valence-corrected chi connectivity index (χ2v) is 3.70. The standard InChI is InChI=1S/C15H11NO2/c1-18-15(17)13-9-5-8-12(10-16)14(13)11-6-3-2-4-7-11/h2-9H,1H3. The van der Waals surface area contributed by atoms with Gasteiger partial charge in [-0.3, -0.25) is 0 Å². The van der Waals surface area contributed by atoms with Crippen molar-refractivity contribution in [3.8, 4) is 17.2 Å². The van der Waals surface area contributed by atoms with Gasteiger partial charge in [0.25, 0.3) is 0 Å². The molecule has 2 aromatic carbocycles. The Morgan fingerprint density at radius 2 is 1.83 bits per heavy atom. The average Bonchev–Trinajstić information content (AvgIpc) is 2.46. The van der Waals surface area contributed by atoms with Gasteiger partial charge in [-0.15, -0.1) is 0 Å². The Morgan fingerprint density at radius 1 is 1.11 bits per heavy atom. The predicted molar refractivity (Wildman–Crippen MR) is 67.9 cm³/mol. The summed E-state index contributed by atoms with van der Waals surface area (Å²) in [5.41, 5.74) is 2.31. The molecule has 2 rings (SSSR count). The van der Waals surface area contributed by atoms with Gasteiger partial charge in [-0.25, -0.2) is 4.79 Å². The van der Waals surface area contributed by atoms with Gasteiger partial charge in [-0.2, -0.15) is 5.26 Å². The normalized spacial score (nSPS) is 9.56. The van der Waals surface area contributed by atoms with Crippen LogP contribution in [-0.4, -0.2) is 13.1 Å². The van der Waals surface area contributed by atoms with E-state index in [1.807, 2.05) is 30.3 Å². The van der Waals surface area contributed by atoms with Crippen LogP contribution in [-0.2, 0) is 4.74 Å². The van der Waals surface area contributed by atoms with Crippen LogP contribution in [0.1, 0.15) is 15.9 Å². The minimum absolute atomic E-state index is 0.405. The minimum atomic E-state index is -0.439. The first-order chi connectivity index (χ1) is 8.77. The number of hydrogen-bond acceptors (Lipinski definition) is 3. The van der Waals surface area contributed by atoms with Crippen LogP contribution < -0.4 is 0 Å². The second-order valence-electron chi connectivity index (χ2n) is 3.70. The molecule has 0 saturated heterocycles. The highest BCUT2D eigenvalue weighted by atomic mass is 16.5. The molecule has 0 heterocycles. The van der Waals surface area contributed by atoms with E-state index in [1.54, 1.807) is 18.2 Å². The summed E-state index contributed by atoms with van der Waals surface area (Å²) in [7, 11) is 1.33. The third kappa shape index (κ3) is 2.09. The van der Waals surface area contributed by atoms with Crippen molar-refractivity contribution in [3.05, 3.63) is 59.7 Å². The molecule has 88 valence electrons. The molecule has 0 spiro atoms. The van der Waals surface area contributed by atoms with Crippen molar-refractivity contribution in [1.82, 2.24) is 0 Å². The number of hydrogen-bond donors (Lipinski definition) is 0. The number of rotatable bonds is 2. The Morgan fingerprint density at radius 3 is 2.44 bits per heavy atom. The van der Waals surface area contributed by atoms with Crippen LogP contribution in [0, 0.1) is 11.3 Å². The molecular weight excluding hydrogens is 226 g/mol. The zero-order chi connectivity index (χ0) is 13.0. The van der Waals surface area contributed by atoms with E-state index in [0.717, 1.165) is 5.56 Å². The molecule has 0 aromatic heterocycles. The van der Waals surface area contributed by atoms with E-state index < -0.39 is 5.97 Å². The molecule has 0 N–H and O–H groups in total. The fourth-order valence-corrected chi connectivity index (χ4v) is 1.84. The van der Waals surface area contributed by atoms with Gasteiger partial charge in [0.2, 0.25) is 0 Å². The zero-order valence-corrected chi connectivity index (χ0v) is 9.88. The Balaban J connectivity index is 2.71. The summed E-state index contributed by atoms with van der Waals surface area (Å²) in [4.78, 5) is 11.7. The first-order valence-corrected chi connectivity index (χ1v) is 5.44. The van der Waals surface area contributed by atoms with Crippen LogP contribution in [0.3, 0.4) is 0 Å². The second kappa shape index (κ2) is 5.15. The molecule has 0 unspecified atom stereocenters. The van der Waals surface area contributed by atoms with Crippen molar-refractivity contribution in [2.75, 3.05) is 7.11 Å². The SMILES string of the molecule is COC(=O)c1cccc(C#N)c1-c1ccccc1. The maximum atomic E-state index is 11.7. The van der Waals surface area contributed by atoms with Gasteiger partial charge in [0.1, 0.15) is 0 Å². The highest BCUT2D eigenvalue weighted by molar-refractivity contribution is 5.98. The van der Waals surface area contributed by atoms with Crippen molar-refractivity contribution in [2.45, 2.75) is 0 Å². The maximum absolute atomic E-state index is 11.7. The van der Waals surface area contributed by atoms with Gasteiger partial charge in [0, 0.05) is 5.56 Å². The molecule has 3 heteroatoms. The number of ether oxygens (including phenoxy) is 1. The van der Waals surface area contributed by atoms with Gasteiger partial charge in [0.05, 0.1) is 24.3 Å². The Hall–Kier alpha value is -2.60. The van der Waals surface area contributed by atoms with E-state index >= 15 is 0 Å². The quantitative estimate of drug-likeness (QED) is 0.754. The van der Waals surface area contributed by atoms with Crippen LogP contribution in [0.4, 0.5) is 0 Å². The fraction of sp³-hybridized carbons (Fsp3) is 0.0667. The summed E-state index contributed by atoms with van der Waals surface area (Å²) in [6, 6.07) is 16.5. The number of nitriles is 1. The van der Waals surface area contributed by atoms with E-state index in [1.165, 1.54) is 7.11 Å². The summed E-state index contributed by atoms with van der Waals surface area (Å²) in [5, 5.41) is 9.16. The molecule has 2 aromatic rings. The van der Waals surface area contributed by atoms with Crippen LogP contribution in [0.15, 0.2) is 48.5 Å². The number of carbonyl (C=O) groups is 1. The molecule has 0 aliphatic heterocycles. The van der Waals surface area contributed by atoms with Gasteiger partial charge < -0.3 is 4.74 Å². The molecule has 0 radical (unpaired) electrons. The lowest BCUT2D eigenvalue weighted by atomic mass is 9.95. The number of esters is 1. The van der Waals surface area contributed by atoms with E-state index in [2.05, 4.69) is 6.07 Å². The fourth-order valence-electron chi connectivity index (χ4n) is 1.84. The van der Waals surface area contributed by atoms with Crippen LogP contribution >= 0.6 is 0 Å². The molecule has 0 aliphatic carbocycles. The molecule has 0 amide bonds. The Bertz CT molecular complexity index is 612. The van der Waals surface area contributed by atoms with E-state index in [0.29, 0.717) is 16.7 Å². The van der Waals surface area contributed by atoms with Crippen LogP contribution in [0.5, 0.6) is 0 Å². The summed E-state index contributed by atoms with van der Waals surface area (Å²) >= 11 is 0. The Labute approximate surface area is 105 Å². The van der Waals surface area contributed by atoms with Crippen LogP contribution in [0.25, 0.3) is 11.1 Å². The maximum Gasteiger partial charge on any atom is 0.338 e. The molecule has 18 heavy (non-hydrogen) atoms. The lowest BCUT2D eigenvalue weighted by molar-refractivity contribution is 0.0601. The van der Waals surface area contributed by atoms with Crippen molar-refractivity contribution >= 4 is 5.97 Å². The summed E-state index contributed by atoms with van der Waals surface area (Å²) in [6.45, 7) is 0. The molecule has 0 fully saturated rings. The zero-order valence-electron chi connectivity index (χ0n) is 9.88. The number of nitrogens with zero attached hydrogens (tertiary/aromatic N) is 1. The third-order valence-corrected chi connectivity index (χ3v) is 2.65. The molecule has 0 atom stereocenters. The van der Waals surface area contributed by atoms with Gasteiger partial charge >= 0.3 is 5.97 Å². The molecular formula is C15H11NO2.